The summed E-state index contributed by atoms with van der Waals surface area (Å²) in [5.74, 6) is 0. The van der Waals surface area contributed by atoms with Crippen molar-refractivity contribution in [3.63, 3.8) is 0 Å². The van der Waals surface area contributed by atoms with Crippen molar-refractivity contribution in [3.8, 4) is 0 Å². The zero-order valence-electron chi connectivity index (χ0n) is 13.3. The predicted molar refractivity (Wildman–Crippen MR) is 90.6 cm³/mol. The van der Waals surface area contributed by atoms with Crippen LogP contribution in [0.15, 0.2) is 60.7 Å². The van der Waals surface area contributed by atoms with E-state index in [1.54, 1.807) is 0 Å². The molecule has 0 spiro atoms. The van der Waals surface area contributed by atoms with Gasteiger partial charge in [-0.3, -0.25) is 4.90 Å². The average molecular weight is 295 g/mol. The van der Waals surface area contributed by atoms with Crippen LogP contribution >= 0.6 is 0 Å². The number of benzene rings is 2. The van der Waals surface area contributed by atoms with Gasteiger partial charge in [-0.2, -0.15) is 0 Å². The van der Waals surface area contributed by atoms with Crippen molar-refractivity contribution in [2.45, 2.75) is 44.5 Å². The highest BCUT2D eigenvalue weighted by molar-refractivity contribution is 5.17. The van der Waals surface area contributed by atoms with E-state index in [2.05, 4.69) is 65.6 Å². The van der Waals surface area contributed by atoms with Crippen LogP contribution in [0.3, 0.4) is 0 Å². The lowest BCUT2D eigenvalue weighted by Crippen LogP contribution is -2.33. The molecule has 2 heteroatoms. The van der Waals surface area contributed by atoms with Gasteiger partial charge >= 0.3 is 0 Å². The zero-order valence-corrected chi connectivity index (χ0v) is 13.3. The molecule has 0 bridgehead atoms. The van der Waals surface area contributed by atoms with Crippen LogP contribution in [0, 0.1) is 0 Å². The smallest absolute Gasteiger partial charge is 0.0586 e. The molecule has 2 nitrogen and oxygen atoms in total. The van der Waals surface area contributed by atoms with Crippen LogP contribution < -0.4 is 0 Å². The van der Waals surface area contributed by atoms with Gasteiger partial charge in [0.05, 0.1) is 6.10 Å². The molecule has 2 aromatic rings. The van der Waals surface area contributed by atoms with Gasteiger partial charge in [-0.15, -0.1) is 0 Å². The molecule has 2 atom stereocenters. The van der Waals surface area contributed by atoms with Crippen LogP contribution in [-0.2, 0) is 17.8 Å². The van der Waals surface area contributed by atoms with Gasteiger partial charge in [-0.25, -0.2) is 0 Å². The van der Waals surface area contributed by atoms with Crippen molar-refractivity contribution >= 4 is 0 Å². The number of rotatable bonds is 6. The Morgan fingerprint density at radius 1 is 0.864 bits per heavy atom. The average Bonchev–Trinajstić information content (AvgIpc) is 3.05. The molecule has 0 saturated heterocycles. The lowest BCUT2D eigenvalue weighted by atomic mass is 10.1. The quantitative estimate of drug-likeness (QED) is 0.789. The van der Waals surface area contributed by atoms with E-state index in [4.69, 9.17) is 4.74 Å². The molecule has 0 radical (unpaired) electrons. The molecule has 22 heavy (non-hydrogen) atoms. The molecule has 1 aliphatic rings. The molecule has 0 amide bonds. The topological polar surface area (TPSA) is 12.5 Å². The summed E-state index contributed by atoms with van der Waals surface area (Å²) in [5, 5.41) is 0. The lowest BCUT2D eigenvalue weighted by molar-refractivity contribution is 0.0937. The highest BCUT2D eigenvalue weighted by atomic mass is 16.5. The van der Waals surface area contributed by atoms with E-state index in [0.717, 1.165) is 19.5 Å². The minimum absolute atomic E-state index is 0.430. The number of methoxy groups -OCH3 is 1. The Hall–Kier alpha value is -1.64. The predicted octanol–water partition coefficient (Wildman–Crippen LogP) is 4.26. The maximum Gasteiger partial charge on any atom is 0.0586 e. The minimum Gasteiger partial charge on any atom is -0.381 e. The summed E-state index contributed by atoms with van der Waals surface area (Å²) >= 11 is 0. The summed E-state index contributed by atoms with van der Waals surface area (Å²) < 4.78 is 5.57. The summed E-state index contributed by atoms with van der Waals surface area (Å²) in [6.45, 7) is 2.02. The Balaban J connectivity index is 1.73. The fourth-order valence-corrected chi connectivity index (χ4v) is 3.41. The van der Waals surface area contributed by atoms with E-state index in [-0.39, 0.29) is 0 Å². The van der Waals surface area contributed by atoms with Crippen LogP contribution in [0.2, 0.25) is 0 Å². The first-order valence-corrected chi connectivity index (χ1v) is 8.20. The zero-order chi connectivity index (χ0) is 15.2. The van der Waals surface area contributed by atoms with E-state index >= 15 is 0 Å². The summed E-state index contributed by atoms with van der Waals surface area (Å²) in [6.07, 6.45) is 3.99. The monoisotopic (exact) mass is 295 g/mol. The lowest BCUT2D eigenvalue weighted by Gasteiger charge is -2.29. The van der Waals surface area contributed by atoms with Crippen molar-refractivity contribution in [1.82, 2.24) is 4.90 Å². The third-order valence-corrected chi connectivity index (χ3v) is 4.66. The standard InChI is InChI=1S/C20H25NO/c1-22-20-13-12-19(14-20)21(15-17-8-4-2-5-9-17)16-18-10-6-3-7-11-18/h2-11,19-20H,12-16H2,1H3/t19-,20?/m1/s1. The SMILES string of the molecule is COC1CC[C@@H](N(Cc2ccccc2)Cc2ccccc2)C1. The summed E-state index contributed by atoms with van der Waals surface area (Å²) in [7, 11) is 1.84. The van der Waals surface area contributed by atoms with Gasteiger partial charge in [0, 0.05) is 26.2 Å². The third kappa shape index (κ3) is 3.96. The maximum absolute atomic E-state index is 5.57. The van der Waals surface area contributed by atoms with Crippen LogP contribution in [0.25, 0.3) is 0 Å². The fourth-order valence-electron chi connectivity index (χ4n) is 3.41. The first kappa shape index (κ1) is 15.3. The Labute approximate surface area is 133 Å². The molecule has 0 N–H and O–H groups in total. The second-order valence-corrected chi connectivity index (χ2v) is 6.20. The van der Waals surface area contributed by atoms with Gasteiger partial charge in [0.15, 0.2) is 0 Å². The number of ether oxygens (including phenoxy) is 1. The van der Waals surface area contributed by atoms with E-state index < -0.39 is 0 Å². The van der Waals surface area contributed by atoms with Gasteiger partial charge in [0.1, 0.15) is 0 Å². The van der Waals surface area contributed by atoms with Gasteiger partial charge < -0.3 is 4.74 Å². The van der Waals surface area contributed by atoms with Crippen LogP contribution in [0.1, 0.15) is 30.4 Å². The molecule has 1 aliphatic carbocycles. The second-order valence-electron chi connectivity index (χ2n) is 6.20. The molecule has 116 valence electrons. The van der Waals surface area contributed by atoms with Crippen LogP contribution in [-0.4, -0.2) is 24.2 Å². The van der Waals surface area contributed by atoms with E-state index in [9.17, 15) is 0 Å². The van der Waals surface area contributed by atoms with Crippen molar-refractivity contribution < 1.29 is 4.74 Å². The number of hydrogen-bond donors (Lipinski definition) is 0. The van der Waals surface area contributed by atoms with Crippen molar-refractivity contribution in [1.29, 1.82) is 0 Å². The Bertz CT molecular complexity index is 513. The van der Waals surface area contributed by atoms with Gasteiger partial charge in [0.2, 0.25) is 0 Å². The molecular weight excluding hydrogens is 270 g/mol. The molecule has 0 heterocycles. The molecule has 0 aromatic heterocycles. The minimum atomic E-state index is 0.430. The van der Waals surface area contributed by atoms with E-state index in [1.165, 1.54) is 24.0 Å². The third-order valence-electron chi connectivity index (χ3n) is 4.66. The molecule has 2 aromatic carbocycles. The summed E-state index contributed by atoms with van der Waals surface area (Å²) in [4.78, 5) is 2.61. The second kappa shape index (κ2) is 7.57. The summed E-state index contributed by atoms with van der Waals surface area (Å²) in [5.41, 5.74) is 2.78. The van der Waals surface area contributed by atoms with Gasteiger partial charge in [-0.05, 0) is 30.4 Å². The van der Waals surface area contributed by atoms with E-state index in [1.807, 2.05) is 7.11 Å². The molecule has 1 fully saturated rings. The normalized spacial score (nSPS) is 21.4. The fraction of sp³-hybridized carbons (Fsp3) is 0.400. The molecule has 1 saturated carbocycles. The first-order valence-electron chi connectivity index (χ1n) is 8.20. The molecule has 1 unspecified atom stereocenters. The largest absolute Gasteiger partial charge is 0.381 e. The highest BCUT2D eigenvalue weighted by Gasteiger charge is 2.29. The van der Waals surface area contributed by atoms with Gasteiger partial charge in [-0.1, -0.05) is 60.7 Å². The van der Waals surface area contributed by atoms with E-state index in [0.29, 0.717) is 12.1 Å². The summed E-state index contributed by atoms with van der Waals surface area (Å²) in [6, 6.07) is 22.2. The van der Waals surface area contributed by atoms with Gasteiger partial charge in [0.25, 0.3) is 0 Å². The van der Waals surface area contributed by atoms with Crippen molar-refractivity contribution in [2.24, 2.45) is 0 Å². The Kier molecular flexibility index (Phi) is 5.25. The molecule has 3 rings (SSSR count). The maximum atomic E-state index is 5.57. The number of nitrogens with zero attached hydrogens (tertiary/aromatic N) is 1. The molecular formula is C20H25NO. The number of hydrogen-bond acceptors (Lipinski definition) is 2. The Morgan fingerprint density at radius 2 is 1.41 bits per heavy atom. The highest BCUT2D eigenvalue weighted by Crippen LogP contribution is 2.28. The first-order chi connectivity index (χ1) is 10.8. The van der Waals surface area contributed by atoms with Crippen LogP contribution in [0.5, 0.6) is 0 Å². The Morgan fingerprint density at radius 3 is 1.86 bits per heavy atom. The van der Waals surface area contributed by atoms with Crippen molar-refractivity contribution in [3.05, 3.63) is 71.8 Å². The molecule has 0 aliphatic heterocycles. The van der Waals surface area contributed by atoms with Crippen molar-refractivity contribution in [2.75, 3.05) is 7.11 Å². The van der Waals surface area contributed by atoms with Crippen LogP contribution in [0.4, 0.5) is 0 Å².